The van der Waals surface area contributed by atoms with Crippen LogP contribution in [0.1, 0.15) is 16.1 Å². The number of thiophene rings is 1. The molecule has 0 aromatic carbocycles. The van der Waals surface area contributed by atoms with E-state index >= 15 is 0 Å². The molecule has 3 aromatic rings. The molecular formula is C13H11ClN4OS2. The Morgan fingerprint density at radius 3 is 2.86 bits per heavy atom. The van der Waals surface area contributed by atoms with Crippen LogP contribution in [0.15, 0.2) is 23.7 Å². The van der Waals surface area contributed by atoms with E-state index in [4.69, 9.17) is 11.6 Å². The Kier molecular flexibility index (Phi) is 3.79. The van der Waals surface area contributed by atoms with Crippen LogP contribution in [0.5, 0.6) is 0 Å². The van der Waals surface area contributed by atoms with Crippen LogP contribution in [0, 0.1) is 6.92 Å². The SMILES string of the molecule is Cc1cn(C)nc1C(=O)Nc1nc(-c2ccc(Cl)s2)cs1. The number of halogens is 1. The molecule has 0 aliphatic heterocycles. The Morgan fingerprint density at radius 2 is 2.24 bits per heavy atom. The minimum absolute atomic E-state index is 0.252. The molecule has 3 heterocycles. The third-order valence-electron chi connectivity index (χ3n) is 2.78. The fourth-order valence-electron chi connectivity index (χ4n) is 1.88. The molecule has 0 saturated carbocycles. The third kappa shape index (κ3) is 2.99. The van der Waals surface area contributed by atoms with E-state index in [9.17, 15) is 4.79 Å². The summed E-state index contributed by atoms with van der Waals surface area (Å²) in [4.78, 5) is 17.5. The Balaban J connectivity index is 1.78. The minimum atomic E-state index is -0.252. The molecule has 1 amide bonds. The number of aromatic nitrogens is 3. The first kappa shape index (κ1) is 14.2. The molecule has 3 rings (SSSR count). The normalized spacial score (nSPS) is 10.8. The van der Waals surface area contributed by atoms with Crippen molar-refractivity contribution in [2.45, 2.75) is 6.92 Å². The smallest absolute Gasteiger partial charge is 0.278 e. The first-order valence-corrected chi connectivity index (χ1v) is 8.13. The maximum absolute atomic E-state index is 12.2. The van der Waals surface area contributed by atoms with Crippen molar-refractivity contribution in [3.63, 3.8) is 0 Å². The summed E-state index contributed by atoms with van der Waals surface area (Å²) in [6.07, 6.45) is 1.80. The highest BCUT2D eigenvalue weighted by molar-refractivity contribution is 7.20. The van der Waals surface area contributed by atoms with Gasteiger partial charge in [0.05, 0.1) is 14.9 Å². The monoisotopic (exact) mass is 338 g/mol. The zero-order valence-corrected chi connectivity index (χ0v) is 13.6. The number of rotatable bonds is 3. The summed E-state index contributed by atoms with van der Waals surface area (Å²) in [5.41, 5.74) is 2.05. The fourth-order valence-corrected chi connectivity index (χ4v) is 3.67. The van der Waals surface area contributed by atoms with Crippen molar-refractivity contribution in [1.29, 1.82) is 0 Å². The summed E-state index contributed by atoms with van der Waals surface area (Å²) in [6.45, 7) is 1.85. The molecule has 0 spiro atoms. The van der Waals surface area contributed by atoms with Gasteiger partial charge in [-0.2, -0.15) is 5.10 Å². The van der Waals surface area contributed by atoms with E-state index in [1.807, 2.05) is 24.4 Å². The molecule has 0 unspecified atom stereocenters. The number of hydrogen-bond donors (Lipinski definition) is 1. The lowest BCUT2D eigenvalue weighted by molar-refractivity contribution is 0.102. The van der Waals surface area contributed by atoms with E-state index in [-0.39, 0.29) is 5.91 Å². The second-order valence-electron chi connectivity index (χ2n) is 4.43. The highest BCUT2D eigenvalue weighted by atomic mass is 35.5. The molecular weight excluding hydrogens is 328 g/mol. The van der Waals surface area contributed by atoms with Gasteiger partial charge in [0.15, 0.2) is 10.8 Å². The van der Waals surface area contributed by atoms with E-state index in [2.05, 4.69) is 15.4 Å². The van der Waals surface area contributed by atoms with E-state index in [0.717, 1.165) is 16.1 Å². The number of carbonyl (C=O) groups is 1. The number of anilines is 1. The molecule has 0 bridgehead atoms. The molecule has 0 aliphatic carbocycles. The zero-order valence-electron chi connectivity index (χ0n) is 11.3. The average Bonchev–Trinajstić information content (AvgIpc) is 3.10. The van der Waals surface area contributed by atoms with E-state index in [1.165, 1.54) is 22.7 Å². The maximum atomic E-state index is 12.2. The predicted molar refractivity (Wildman–Crippen MR) is 86.3 cm³/mol. The van der Waals surface area contributed by atoms with E-state index in [0.29, 0.717) is 15.2 Å². The molecule has 0 saturated heterocycles. The second kappa shape index (κ2) is 5.59. The zero-order chi connectivity index (χ0) is 15.0. The molecule has 0 fully saturated rings. The summed E-state index contributed by atoms with van der Waals surface area (Å²) >= 11 is 8.75. The van der Waals surface area contributed by atoms with Crippen LogP contribution in [0.2, 0.25) is 4.34 Å². The topological polar surface area (TPSA) is 59.8 Å². The molecule has 8 heteroatoms. The number of hydrogen-bond acceptors (Lipinski definition) is 5. The van der Waals surface area contributed by atoms with Gasteiger partial charge in [-0.05, 0) is 19.1 Å². The number of aryl methyl sites for hydroxylation is 2. The molecule has 108 valence electrons. The molecule has 3 aromatic heterocycles. The van der Waals surface area contributed by atoms with Crippen LogP contribution >= 0.6 is 34.3 Å². The van der Waals surface area contributed by atoms with Gasteiger partial charge < -0.3 is 0 Å². The Morgan fingerprint density at radius 1 is 1.43 bits per heavy atom. The van der Waals surface area contributed by atoms with Gasteiger partial charge in [-0.25, -0.2) is 4.98 Å². The third-order valence-corrected chi connectivity index (χ3v) is 4.79. The van der Waals surface area contributed by atoms with Crippen molar-refractivity contribution < 1.29 is 4.79 Å². The largest absolute Gasteiger partial charge is 0.296 e. The van der Waals surface area contributed by atoms with Crippen LogP contribution < -0.4 is 5.32 Å². The van der Waals surface area contributed by atoms with Crippen molar-refractivity contribution in [2.24, 2.45) is 7.05 Å². The van der Waals surface area contributed by atoms with Gasteiger partial charge in [-0.3, -0.25) is 14.8 Å². The van der Waals surface area contributed by atoms with Crippen molar-refractivity contribution in [3.8, 4) is 10.6 Å². The van der Waals surface area contributed by atoms with E-state index < -0.39 is 0 Å². The lowest BCUT2D eigenvalue weighted by Crippen LogP contribution is -2.13. The molecule has 21 heavy (non-hydrogen) atoms. The predicted octanol–water partition coefficient (Wildman–Crippen LogP) is 3.82. The summed E-state index contributed by atoms with van der Waals surface area (Å²) in [6, 6.07) is 3.74. The number of thiazole rings is 1. The van der Waals surface area contributed by atoms with Crippen molar-refractivity contribution in [1.82, 2.24) is 14.8 Å². The highest BCUT2D eigenvalue weighted by Gasteiger charge is 2.15. The lowest BCUT2D eigenvalue weighted by atomic mass is 10.3. The average molecular weight is 339 g/mol. The van der Waals surface area contributed by atoms with Crippen LogP contribution in [-0.4, -0.2) is 20.7 Å². The van der Waals surface area contributed by atoms with Gasteiger partial charge >= 0.3 is 0 Å². The number of amides is 1. The quantitative estimate of drug-likeness (QED) is 0.789. The van der Waals surface area contributed by atoms with Crippen molar-refractivity contribution >= 4 is 45.3 Å². The molecule has 1 N–H and O–H groups in total. The standard InChI is InChI=1S/C13H11ClN4OS2/c1-7-5-18(2)17-11(7)12(19)16-13-15-8(6-20-13)9-3-4-10(14)21-9/h3-6H,1-2H3,(H,15,16,19). The van der Waals surface area contributed by atoms with Crippen molar-refractivity contribution in [3.05, 3.63) is 39.3 Å². The first-order chi connectivity index (χ1) is 10.0. The van der Waals surface area contributed by atoms with Crippen LogP contribution in [0.4, 0.5) is 5.13 Å². The Hall–Kier alpha value is -1.70. The van der Waals surface area contributed by atoms with Gasteiger partial charge in [0.25, 0.3) is 5.91 Å². The van der Waals surface area contributed by atoms with Gasteiger partial charge in [-0.15, -0.1) is 22.7 Å². The Labute approximate surface area is 134 Å². The molecule has 5 nitrogen and oxygen atoms in total. The van der Waals surface area contributed by atoms with Crippen LogP contribution in [-0.2, 0) is 7.05 Å². The second-order valence-corrected chi connectivity index (χ2v) is 7.00. The number of nitrogens with one attached hydrogen (secondary N) is 1. The first-order valence-electron chi connectivity index (χ1n) is 6.06. The van der Waals surface area contributed by atoms with Gasteiger partial charge in [0.2, 0.25) is 0 Å². The number of nitrogens with zero attached hydrogens (tertiary/aromatic N) is 3. The van der Waals surface area contributed by atoms with Crippen LogP contribution in [0.3, 0.4) is 0 Å². The summed E-state index contributed by atoms with van der Waals surface area (Å²) in [5, 5.41) is 9.35. The highest BCUT2D eigenvalue weighted by Crippen LogP contribution is 2.32. The minimum Gasteiger partial charge on any atom is -0.296 e. The lowest BCUT2D eigenvalue weighted by Gasteiger charge is -1.98. The van der Waals surface area contributed by atoms with Gasteiger partial charge in [0.1, 0.15) is 0 Å². The fraction of sp³-hybridized carbons (Fsp3) is 0.154. The van der Waals surface area contributed by atoms with Crippen molar-refractivity contribution in [2.75, 3.05) is 5.32 Å². The summed E-state index contributed by atoms with van der Waals surface area (Å²) in [7, 11) is 1.78. The summed E-state index contributed by atoms with van der Waals surface area (Å²) in [5.74, 6) is -0.252. The number of carbonyl (C=O) groups excluding carboxylic acids is 1. The van der Waals surface area contributed by atoms with Gasteiger partial charge in [-0.1, -0.05) is 11.6 Å². The van der Waals surface area contributed by atoms with Gasteiger partial charge in [0, 0.05) is 24.2 Å². The summed E-state index contributed by atoms with van der Waals surface area (Å²) < 4.78 is 2.33. The Bertz CT molecular complexity index is 805. The molecule has 0 atom stereocenters. The van der Waals surface area contributed by atoms with Crippen LogP contribution in [0.25, 0.3) is 10.6 Å². The maximum Gasteiger partial charge on any atom is 0.278 e. The molecule has 0 aliphatic rings. The molecule has 0 radical (unpaired) electrons. The van der Waals surface area contributed by atoms with E-state index in [1.54, 1.807) is 17.9 Å².